The van der Waals surface area contributed by atoms with Crippen molar-refractivity contribution in [2.45, 2.75) is 12.1 Å². The number of halogens is 1. The fourth-order valence-electron chi connectivity index (χ4n) is 3.76. The van der Waals surface area contributed by atoms with Gasteiger partial charge in [0.2, 0.25) is 5.91 Å². The Hall–Kier alpha value is -3.61. The monoisotopic (exact) mass is 484 g/mol. The van der Waals surface area contributed by atoms with Crippen LogP contribution in [0.4, 0.5) is 5.69 Å². The maximum atomic E-state index is 12.8. The fourth-order valence-corrected chi connectivity index (χ4v) is 4.73. The second-order valence-electron chi connectivity index (χ2n) is 7.82. The summed E-state index contributed by atoms with van der Waals surface area (Å²) >= 11 is 7.80. The van der Waals surface area contributed by atoms with Crippen molar-refractivity contribution in [1.29, 1.82) is 0 Å². The van der Waals surface area contributed by atoms with Crippen LogP contribution in [0, 0.1) is 6.92 Å². The second-order valence-corrected chi connectivity index (χ2v) is 9.17. The molecule has 7 heteroatoms. The van der Waals surface area contributed by atoms with E-state index in [2.05, 4.69) is 15.5 Å². The molecule has 1 amide bonds. The van der Waals surface area contributed by atoms with E-state index in [1.165, 1.54) is 11.8 Å². The van der Waals surface area contributed by atoms with Crippen molar-refractivity contribution in [2.24, 2.45) is 0 Å². The summed E-state index contributed by atoms with van der Waals surface area (Å²) in [7, 11) is 0. The van der Waals surface area contributed by atoms with E-state index in [1.807, 2.05) is 102 Å². The Bertz CT molecular complexity index is 1470. The van der Waals surface area contributed by atoms with E-state index in [9.17, 15) is 4.79 Å². The lowest BCUT2D eigenvalue weighted by Crippen LogP contribution is -2.14. The van der Waals surface area contributed by atoms with Gasteiger partial charge in [0, 0.05) is 22.3 Å². The van der Waals surface area contributed by atoms with E-state index in [1.54, 1.807) is 0 Å². The number of aromatic nitrogens is 3. The Morgan fingerprint density at radius 3 is 2.47 bits per heavy atom. The van der Waals surface area contributed by atoms with Gasteiger partial charge >= 0.3 is 0 Å². The number of nitrogens with one attached hydrogen (secondary N) is 1. The van der Waals surface area contributed by atoms with Crippen molar-refractivity contribution in [3.05, 3.63) is 102 Å². The molecule has 0 aliphatic heterocycles. The first-order chi connectivity index (χ1) is 16.6. The molecule has 1 N–H and O–H groups in total. The van der Waals surface area contributed by atoms with Crippen molar-refractivity contribution in [1.82, 2.24) is 14.8 Å². The smallest absolute Gasteiger partial charge is 0.234 e. The standard InChI is InChI=1S/C27H21ClN4OS/c1-18-13-15-20(16-14-18)32-26(22-10-4-5-11-23(22)28)30-31-27(32)34-17-25(33)29-24-12-6-8-19-7-2-3-9-21(19)24/h2-16H,17H2,1H3,(H,29,33). The van der Waals surface area contributed by atoms with Gasteiger partial charge in [0.05, 0.1) is 10.8 Å². The molecular formula is C27H21ClN4OS. The fraction of sp³-hybridized carbons (Fsp3) is 0.0741. The van der Waals surface area contributed by atoms with Crippen LogP contribution < -0.4 is 5.32 Å². The van der Waals surface area contributed by atoms with E-state index in [0.29, 0.717) is 16.0 Å². The Kier molecular flexibility index (Phi) is 6.34. The quantitative estimate of drug-likeness (QED) is 0.270. The number of thioether (sulfide) groups is 1. The Morgan fingerprint density at radius 1 is 0.912 bits per heavy atom. The van der Waals surface area contributed by atoms with Gasteiger partial charge in [-0.1, -0.05) is 89.6 Å². The van der Waals surface area contributed by atoms with E-state index in [4.69, 9.17) is 11.6 Å². The van der Waals surface area contributed by atoms with Crippen LogP contribution in [0.2, 0.25) is 5.02 Å². The molecule has 0 unspecified atom stereocenters. The van der Waals surface area contributed by atoms with Crippen LogP contribution in [0.3, 0.4) is 0 Å². The van der Waals surface area contributed by atoms with Gasteiger partial charge in [0.25, 0.3) is 0 Å². The molecule has 0 radical (unpaired) electrons. The summed E-state index contributed by atoms with van der Waals surface area (Å²) in [4.78, 5) is 12.8. The minimum Gasteiger partial charge on any atom is -0.325 e. The van der Waals surface area contributed by atoms with Gasteiger partial charge in [-0.2, -0.15) is 0 Å². The van der Waals surface area contributed by atoms with Crippen molar-refractivity contribution < 1.29 is 4.79 Å². The highest BCUT2D eigenvalue weighted by Crippen LogP contribution is 2.32. The molecule has 5 aromatic rings. The van der Waals surface area contributed by atoms with E-state index in [0.717, 1.165) is 33.3 Å². The van der Waals surface area contributed by atoms with Gasteiger partial charge in [0.15, 0.2) is 11.0 Å². The Morgan fingerprint density at radius 2 is 1.65 bits per heavy atom. The molecule has 1 heterocycles. The van der Waals surface area contributed by atoms with Gasteiger partial charge < -0.3 is 5.32 Å². The lowest BCUT2D eigenvalue weighted by molar-refractivity contribution is -0.113. The zero-order valence-corrected chi connectivity index (χ0v) is 20.0. The predicted molar refractivity (Wildman–Crippen MR) is 140 cm³/mol. The Labute approximate surface area is 206 Å². The van der Waals surface area contributed by atoms with Crippen LogP contribution in [0.5, 0.6) is 0 Å². The molecule has 0 atom stereocenters. The van der Waals surface area contributed by atoms with Gasteiger partial charge in [0.1, 0.15) is 0 Å². The first kappa shape index (κ1) is 22.2. The largest absolute Gasteiger partial charge is 0.325 e. The minimum atomic E-state index is -0.112. The molecular weight excluding hydrogens is 464 g/mol. The number of fused-ring (bicyclic) bond motifs is 1. The van der Waals surface area contributed by atoms with E-state index in [-0.39, 0.29) is 11.7 Å². The van der Waals surface area contributed by atoms with E-state index >= 15 is 0 Å². The number of hydrogen-bond acceptors (Lipinski definition) is 4. The number of carbonyl (C=O) groups excluding carboxylic acids is 1. The molecule has 0 aliphatic rings. The maximum absolute atomic E-state index is 12.8. The average molecular weight is 485 g/mol. The zero-order chi connectivity index (χ0) is 23.5. The molecule has 0 saturated carbocycles. The summed E-state index contributed by atoms with van der Waals surface area (Å²) in [5.74, 6) is 0.709. The van der Waals surface area contributed by atoms with Crippen LogP contribution in [-0.4, -0.2) is 26.4 Å². The summed E-state index contributed by atoms with van der Waals surface area (Å²) < 4.78 is 1.94. The molecule has 1 aromatic heterocycles. The third-order valence-electron chi connectivity index (χ3n) is 5.44. The van der Waals surface area contributed by atoms with Crippen molar-refractivity contribution in [3.63, 3.8) is 0 Å². The van der Waals surface area contributed by atoms with E-state index < -0.39 is 0 Å². The molecule has 5 nitrogen and oxygen atoms in total. The molecule has 168 valence electrons. The number of carbonyl (C=O) groups is 1. The third kappa shape index (κ3) is 4.55. The van der Waals surface area contributed by atoms with Gasteiger partial charge in [-0.15, -0.1) is 10.2 Å². The van der Waals surface area contributed by atoms with Crippen molar-refractivity contribution in [2.75, 3.05) is 11.1 Å². The minimum absolute atomic E-state index is 0.112. The second kappa shape index (κ2) is 9.71. The molecule has 0 aliphatic carbocycles. The first-order valence-corrected chi connectivity index (χ1v) is 12.1. The number of nitrogens with zero attached hydrogens (tertiary/aromatic N) is 3. The lowest BCUT2D eigenvalue weighted by Gasteiger charge is -2.12. The highest BCUT2D eigenvalue weighted by molar-refractivity contribution is 7.99. The van der Waals surface area contributed by atoms with Crippen LogP contribution >= 0.6 is 23.4 Å². The van der Waals surface area contributed by atoms with Crippen LogP contribution in [0.25, 0.3) is 27.8 Å². The zero-order valence-electron chi connectivity index (χ0n) is 18.4. The van der Waals surface area contributed by atoms with Crippen LogP contribution in [-0.2, 0) is 4.79 Å². The highest BCUT2D eigenvalue weighted by atomic mass is 35.5. The molecule has 0 bridgehead atoms. The summed E-state index contributed by atoms with van der Waals surface area (Å²) in [6.07, 6.45) is 0. The summed E-state index contributed by atoms with van der Waals surface area (Å²) in [6, 6.07) is 29.5. The number of amides is 1. The molecule has 5 rings (SSSR count). The summed E-state index contributed by atoms with van der Waals surface area (Å²) in [5.41, 5.74) is 3.63. The normalized spacial score (nSPS) is 11.0. The maximum Gasteiger partial charge on any atom is 0.234 e. The molecule has 0 spiro atoms. The number of aryl methyl sites for hydroxylation is 1. The summed E-state index contributed by atoms with van der Waals surface area (Å²) in [5, 5.41) is 15.2. The number of anilines is 1. The number of benzene rings is 4. The Balaban J connectivity index is 1.43. The summed E-state index contributed by atoms with van der Waals surface area (Å²) in [6.45, 7) is 2.04. The topological polar surface area (TPSA) is 59.8 Å². The third-order valence-corrected chi connectivity index (χ3v) is 6.69. The predicted octanol–water partition coefficient (Wildman–Crippen LogP) is 6.78. The molecule has 4 aromatic carbocycles. The van der Waals surface area contributed by atoms with Gasteiger partial charge in [-0.3, -0.25) is 9.36 Å². The van der Waals surface area contributed by atoms with Crippen molar-refractivity contribution >= 4 is 45.7 Å². The molecule has 34 heavy (non-hydrogen) atoms. The number of rotatable bonds is 6. The number of hydrogen-bond donors (Lipinski definition) is 1. The van der Waals surface area contributed by atoms with Crippen LogP contribution in [0.15, 0.2) is 96.2 Å². The van der Waals surface area contributed by atoms with Crippen LogP contribution in [0.1, 0.15) is 5.56 Å². The highest BCUT2D eigenvalue weighted by Gasteiger charge is 2.19. The first-order valence-electron chi connectivity index (χ1n) is 10.8. The van der Waals surface area contributed by atoms with Gasteiger partial charge in [-0.05, 0) is 42.6 Å². The SMILES string of the molecule is Cc1ccc(-n2c(SCC(=O)Nc3cccc4ccccc34)nnc2-c2ccccc2Cl)cc1. The molecule has 0 fully saturated rings. The molecule has 0 saturated heterocycles. The van der Waals surface area contributed by atoms with Crippen molar-refractivity contribution in [3.8, 4) is 17.1 Å². The lowest BCUT2D eigenvalue weighted by atomic mass is 10.1. The average Bonchev–Trinajstić information content (AvgIpc) is 3.27. The van der Waals surface area contributed by atoms with Gasteiger partial charge in [-0.25, -0.2) is 0 Å².